The van der Waals surface area contributed by atoms with Crippen molar-refractivity contribution in [3.05, 3.63) is 64.1 Å². The van der Waals surface area contributed by atoms with Crippen molar-refractivity contribution in [2.24, 2.45) is 0 Å². The zero-order valence-electron chi connectivity index (χ0n) is 11.3. The predicted octanol–water partition coefficient (Wildman–Crippen LogP) is 2.83. The first-order chi connectivity index (χ1) is 10.6. The summed E-state index contributed by atoms with van der Waals surface area (Å²) in [7, 11) is 0. The van der Waals surface area contributed by atoms with Gasteiger partial charge in [-0.3, -0.25) is 20.4 Å². The van der Waals surface area contributed by atoms with E-state index in [1.54, 1.807) is 24.3 Å². The Morgan fingerprint density at radius 2 is 1.73 bits per heavy atom. The Morgan fingerprint density at radius 1 is 1.00 bits per heavy atom. The fraction of sp³-hybridized carbons (Fsp3) is 0.0667. The maximum absolute atomic E-state index is 11.9. The average Bonchev–Trinajstić information content (AvgIpc) is 2.51. The summed E-state index contributed by atoms with van der Waals surface area (Å²) in [5.74, 6) is -0.485. The standard InChI is InChI=1S/C15H12Cl2N2O3/c16-10-6-7-12(13(17)8-10)15(21)19-18-14(20)9-22-11-4-2-1-3-5-11/h1-8H,9H2,(H,18,20)(H,19,21). The lowest BCUT2D eigenvalue weighted by atomic mass is 10.2. The molecule has 2 N–H and O–H groups in total. The molecule has 2 rings (SSSR count). The number of amides is 2. The van der Waals surface area contributed by atoms with E-state index in [1.807, 2.05) is 6.07 Å². The molecular weight excluding hydrogens is 327 g/mol. The highest BCUT2D eigenvalue weighted by atomic mass is 35.5. The van der Waals surface area contributed by atoms with Crippen LogP contribution in [0.25, 0.3) is 0 Å². The van der Waals surface area contributed by atoms with Gasteiger partial charge >= 0.3 is 0 Å². The molecule has 0 fully saturated rings. The molecule has 7 heteroatoms. The molecule has 2 amide bonds. The lowest BCUT2D eigenvalue weighted by Gasteiger charge is -2.09. The van der Waals surface area contributed by atoms with E-state index in [2.05, 4.69) is 10.9 Å². The molecule has 0 unspecified atom stereocenters. The second-order valence-corrected chi connectivity index (χ2v) is 5.07. The molecule has 0 bridgehead atoms. The molecule has 114 valence electrons. The van der Waals surface area contributed by atoms with Crippen molar-refractivity contribution in [1.82, 2.24) is 10.9 Å². The summed E-state index contributed by atoms with van der Waals surface area (Å²) in [5.41, 5.74) is 4.69. The molecular formula is C15H12Cl2N2O3. The molecule has 0 saturated heterocycles. The molecule has 0 saturated carbocycles. The largest absolute Gasteiger partial charge is 0.484 e. The van der Waals surface area contributed by atoms with Gasteiger partial charge < -0.3 is 4.74 Å². The molecule has 0 spiro atoms. The van der Waals surface area contributed by atoms with E-state index in [0.717, 1.165) is 0 Å². The SMILES string of the molecule is O=C(COc1ccccc1)NNC(=O)c1ccc(Cl)cc1Cl. The summed E-state index contributed by atoms with van der Waals surface area (Å²) >= 11 is 11.6. The van der Waals surface area contributed by atoms with Crippen molar-refractivity contribution in [2.45, 2.75) is 0 Å². The Kier molecular flexibility index (Phi) is 5.63. The zero-order valence-corrected chi connectivity index (χ0v) is 12.8. The predicted molar refractivity (Wildman–Crippen MR) is 84.0 cm³/mol. The summed E-state index contributed by atoms with van der Waals surface area (Å²) in [4.78, 5) is 23.4. The van der Waals surface area contributed by atoms with Gasteiger partial charge in [-0.15, -0.1) is 0 Å². The lowest BCUT2D eigenvalue weighted by molar-refractivity contribution is -0.123. The first-order valence-corrected chi connectivity index (χ1v) is 7.04. The number of carbonyl (C=O) groups is 2. The molecule has 0 radical (unpaired) electrons. The van der Waals surface area contributed by atoms with Crippen molar-refractivity contribution in [2.75, 3.05) is 6.61 Å². The number of hydrogen-bond donors (Lipinski definition) is 2. The molecule has 0 atom stereocenters. The lowest BCUT2D eigenvalue weighted by Crippen LogP contribution is -2.43. The Labute approximate surface area is 137 Å². The van der Waals surface area contributed by atoms with Crippen molar-refractivity contribution in [1.29, 1.82) is 0 Å². The van der Waals surface area contributed by atoms with Crippen LogP contribution in [0.15, 0.2) is 48.5 Å². The summed E-state index contributed by atoms with van der Waals surface area (Å²) in [6.07, 6.45) is 0. The van der Waals surface area contributed by atoms with E-state index < -0.39 is 11.8 Å². The Bertz CT molecular complexity index is 678. The number of hydrogen-bond acceptors (Lipinski definition) is 3. The Hall–Kier alpha value is -2.24. The van der Waals surface area contributed by atoms with E-state index in [0.29, 0.717) is 10.8 Å². The minimum Gasteiger partial charge on any atom is -0.484 e. The normalized spacial score (nSPS) is 9.91. The first kappa shape index (κ1) is 16.1. The first-order valence-electron chi connectivity index (χ1n) is 6.28. The molecule has 0 aliphatic heterocycles. The van der Waals surface area contributed by atoms with E-state index in [4.69, 9.17) is 27.9 Å². The van der Waals surface area contributed by atoms with Gasteiger partial charge in [0.05, 0.1) is 10.6 Å². The van der Waals surface area contributed by atoms with Gasteiger partial charge in [-0.25, -0.2) is 0 Å². The minimum atomic E-state index is -0.547. The Balaban J connectivity index is 1.82. The van der Waals surface area contributed by atoms with Crippen LogP contribution in [-0.2, 0) is 4.79 Å². The highest BCUT2D eigenvalue weighted by molar-refractivity contribution is 6.36. The number of rotatable bonds is 4. The molecule has 2 aromatic rings. The van der Waals surface area contributed by atoms with Crippen LogP contribution in [0.3, 0.4) is 0 Å². The van der Waals surface area contributed by atoms with Gasteiger partial charge in [0.25, 0.3) is 11.8 Å². The second kappa shape index (κ2) is 7.68. The van der Waals surface area contributed by atoms with Gasteiger partial charge in [-0.2, -0.15) is 0 Å². The molecule has 0 aliphatic carbocycles. The summed E-state index contributed by atoms with van der Waals surface area (Å²) in [6.45, 7) is -0.224. The highest BCUT2D eigenvalue weighted by Gasteiger charge is 2.11. The van der Waals surface area contributed by atoms with Gasteiger partial charge in [0.1, 0.15) is 5.75 Å². The maximum Gasteiger partial charge on any atom is 0.276 e. The van der Waals surface area contributed by atoms with Crippen molar-refractivity contribution in [3.63, 3.8) is 0 Å². The molecule has 0 heterocycles. The molecule has 22 heavy (non-hydrogen) atoms. The van der Waals surface area contributed by atoms with Crippen LogP contribution < -0.4 is 15.6 Å². The Morgan fingerprint density at radius 3 is 2.41 bits per heavy atom. The van der Waals surface area contributed by atoms with Crippen LogP contribution in [0.5, 0.6) is 5.75 Å². The number of para-hydroxylation sites is 1. The van der Waals surface area contributed by atoms with Gasteiger partial charge in [-0.1, -0.05) is 41.4 Å². The van der Waals surface area contributed by atoms with Crippen LogP contribution in [0.1, 0.15) is 10.4 Å². The number of nitrogens with one attached hydrogen (secondary N) is 2. The number of benzene rings is 2. The molecule has 5 nitrogen and oxygen atoms in total. The fourth-order valence-corrected chi connectivity index (χ4v) is 2.06. The number of hydrazine groups is 1. The van der Waals surface area contributed by atoms with Crippen LogP contribution in [0, 0.1) is 0 Å². The van der Waals surface area contributed by atoms with E-state index in [-0.39, 0.29) is 17.2 Å². The number of carbonyl (C=O) groups excluding carboxylic acids is 2. The molecule has 0 aromatic heterocycles. The van der Waals surface area contributed by atoms with Crippen molar-refractivity contribution >= 4 is 35.0 Å². The third kappa shape index (κ3) is 4.65. The van der Waals surface area contributed by atoms with E-state index in [9.17, 15) is 9.59 Å². The highest BCUT2D eigenvalue weighted by Crippen LogP contribution is 2.20. The van der Waals surface area contributed by atoms with Crippen LogP contribution in [0.4, 0.5) is 0 Å². The third-order valence-corrected chi connectivity index (χ3v) is 3.15. The maximum atomic E-state index is 11.9. The van der Waals surface area contributed by atoms with Crippen LogP contribution in [0.2, 0.25) is 10.0 Å². The smallest absolute Gasteiger partial charge is 0.276 e. The fourth-order valence-electron chi connectivity index (χ4n) is 1.57. The van der Waals surface area contributed by atoms with Crippen LogP contribution >= 0.6 is 23.2 Å². The number of ether oxygens (including phenoxy) is 1. The number of halogens is 2. The van der Waals surface area contributed by atoms with Crippen LogP contribution in [-0.4, -0.2) is 18.4 Å². The van der Waals surface area contributed by atoms with E-state index >= 15 is 0 Å². The zero-order chi connectivity index (χ0) is 15.9. The topological polar surface area (TPSA) is 67.4 Å². The van der Waals surface area contributed by atoms with Crippen molar-refractivity contribution < 1.29 is 14.3 Å². The monoisotopic (exact) mass is 338 g/mol. The van der Waals surface area contributed by atoms with Gasteiger partial charge in [-0.05, 0) is 30.3 Å². The second-order valence-electron chi connectivity index (χ2n) is 4.23. The third-order valence-electron chi connectivity index (χ3n) is 2.60. The van der Waals surface area contributed by atoms with Gasteiger partial charge in [0.15, 0.2) is 6.61 Å². The summed E-state index contributed by atoms with van der Waals surface area (Å²) < 4.78 is 5.24. The van der Waals surface area contributed by atoms with E-state index in [1.165, 1.54) is 18.2 Å². The molecule has 2 aromatic carbocycles. The quantitative estimate of drug-likeness (QED) is 0.842. The van der Waals surface area contributed by atoms with Gasteiger partial charge in [0, 0.05) is 5.02 Å². The average molecular weight is 339 g/mol. The van der Waals surface area contributed by atoms with Crippen molar-refractivity contribution in [3.8, 4) is 5.75 Å². The summed E-state index contributed by atoms with van der Waals surface area (Å²) in [6, 6.07) is 13.3. The van der Waals surface area contributed by atoms with Gasteiger partial charge in [0.2, 0.25) is 0 Å². The minimum absolute atomic E-state index is 0.194. The molecule has 0 aliphatic rings. The summed E-state index contributed by atoms with van der Waals surface area (Å²) in [5, 5.41) is 0.613.